The Morgan fingerprint density at radius 3 is 1.89 bits per heavy atom. The first-order chi connectivity index (χ1) is 4.11. The number of rotatable bonds is 1. The van der Waals surface area contributed by atoms with Gasteiger partial charge in [0.1, 0.15) is 0 Å². The molecular formula is C7H8F2. The van der Waals surface area contributed by atoms with Gasteiger partial charge < -0.3 is 0 Å². The quantitative estimate of drug-likeness (QED) is 0.511. The summed E-state index contributed by atoms with van der Waals surface area (Å²) in [5.74, 6) is -3.28. The van der Waals surface area contributed by atoms with Crippen LogP contribution in [0.1, 0.15) is 6.92 Å². The van der Waals surface area contributed by atoms with Gasteiger partial charge >= 0.3 is 0 Å². The zero-order valence-corrected chi connectivity index (χ0v) is 5.14. The zero-order valence-electron chi connectivity index (χ0n) is 5.14. The van der Waals surface area contributed by atoms with Crippen molar-refractivity contribution in [3.8, 4) is 0 Å². The fraction of sp³-hybridized carbons (Fsp3) is 0.429. The van der Waals surface area contributed by atoms with E-state index >= 15 is 0 Å². The number of alkyl halides is 2. The summed E-state index contributed by atoms with van der Waals surface area (Å²) < 4.78 is 24.6. The predicted octanol–water partition coefficient (Wildman–Crippen LogP) is 2.38. The third-order valence-electron chi connectivity index (χ3n) is 1.33. The first kappa shape index (κ1) is 6.46. The van der Waals surface area contributed by atoms with Gasteiger partial charge in [0.2, 0.25) is 0 Å². The molecule has 0 unspecified atom stereocenters. The smallest absolute Gasteiger partial charge is 0.206 e. The van der Waals surface area contributed by atoms with Gasteiger partial charge in [-0.3, -0.25) is 0 Å². The molecule has 0 saturated carbocycles. The highest BCUT2D eigenvalue weighted by atomic mass is 19.3. The standard InChI is InChI=1S/C7H8F2/c1-7(8,9)6-4-2-3-5-6/h2-6H,1H3. The lowest BCUT2D eigenvalue weighted by molar-refractivity contribution is -0.00341. The number of allylic oxidation sites excluding steroid dienone is 4. The van der Waals surface area contributed by atoms with Crippen molar-refractivity contribution in [3.05, 3.63) is 24.3 Å². The van der Waals surface area contributed by atoms with Crippen molar-refractivity contribution >= 4 is 0 Å². The summed E-state index contributed by atoms with van der Waals surface area (Å²) in [6.45, 7) is 0.928. The van der Waals surface area contributed by atoms with Gasteiger partial charge in [0.05, 0.1) is 5.92 Å². The van der Waals surface area contributed by atoms with Crippen LogP contribution in [-0.4, -0.2) is 5.92 Å². The Bertz CT molecular complexity index is 139. The summed E-state index contributed by atoms with van der Waals surface area (Å²) in [6, 6.07) is 0. The average molecular weight is 130 g/mol. The Kier molecular flexibility index (Phi) is 1.39. The molecule has 0 aliphatic heterocycles. The molecule has 1 aliphatic rings. The molecule has 1 rings (SSSR count). The lowest BCUT2D eigenvalue weighted by atomic mass is 10.1. The minimum atomic E-state index is -2.59. The molecule has 0 aromatic heterocycles. The Morgan fingerprint density at radius 1 is 1.22 bits per heavy atom. The van der Waals surface area contributed by atoms with E-state index < -0.39 is 11.8 Å². The van der Waals surface area contributed by atoms with Crippen LogP contribution in [-0.2, 0) is 0 Å². The fourth-order valence-electron chi connectivity index (χ4n) is 0.770. The van der Waals surface area contributed by atoms with Crippen molar-refractivity contribution < 1.29 is 8.78 Å². The molecule has 0 aromatic rings. The van der Waals surface area contributed by atoms with Crippen LogP contribution in [0.15, 0.2) is 24.3 Å². The molecule has 0 amide bonds. The maximum absolute atomic E-state index is 12.3. The van der Waals surface area contributed by atoms with Gasteiger partial charge in [-0.05, 0) is 0 Å². The van der Waals surface area contributed by atoms with E-state index in [0.717, 1.165) is 6.92 Å². The lowest BCUT2D eigenvalue weighted by Crippen LogP contribution is -2.19. The zero-order chi connectivity index (χ0) is 6.91. The van der Waals surface area contributed by atoms with Gasteiger partial charge in [0.25, 0.3) is 5.92 Å². The molecule has 0 heterocycles. The van der Waals surface area contributed by atoms with E-state index in [1.54, 1.807) is 12.2 Å². The maximum atomic E-state index is 12.3. The van der Waals surface area contributed by atoms with Crippen LogP contribution < -0.4 is 0 Å². The van der Waals surface area contributed by atoms with Gasteiger partial charge in [-0.25, -0.2) is 8.78 Å². The van der Waals surface area contributed by atoms with Crippen LogP contribution in [0.2, 0.25) is 0 Å². The van der Waals surface area contributed by atoms with Gasteiger partial charge in [0, 0.05) is 6.92 Å². The van der Waals surface area contributed by atoms with Crippen LogP contribution in [0.5, 0.6) is 0 Å². The molecule has 0 nitrogen and oxygen atoms in total. The van der Waals surface area contributed by atoms with Crippen molar-refractivity contribution in [2.24, 2.45) is 5.92 Å². The van der Waals surface area contributed by atoms with Crippen molar-refractivity contribution in [2.75, 3.05) is 0 Å². The van der Waals surface area contributed by atoms with E-state index in [4.69, 9.17) is 0 Å². The van der Waals surface area contributed by atoms with Gasteiger partial charge in [-0.15, -0.1) is 0 Å². The molecule has 0 aromatic carbocycles. The normalized spacial score (nSPS) is 19.4. The molecule has 0 fully saturated rings. The summed E-state index contributed by atoms with van der Waals surface area (Å²) in [5, 5.41) is 0. The highest BCUT2D eigenvalue weighted by Gasteiger charge is 2.30. The largest absolute Gasteiger partial charge is 0.254 e. The second-order valence-corrected chi connectivity index (χ2v) is 2.25. The van der Waals surface area contributed by atoms with E-state index in [9.17, 15) is 8.78 Å². The van der Waals surface area contributed by atoms with E-state index in [-0.39, 0.29) is 0 Å². The van der Waals surface area contributed by atoms with Crippen LogP contribution in [0, 0.1) is 5.92 Å². The van der Waals surface area contributed by atoms with E-state index in [1.807, 2.05) is 0 Å². The summed E-state index contributed by atoms with van der Waals surface area (Å²) in [4.78, 5) is 0. The highest BCUT2D eigenvalue weighted by molar-refractivity contribution is 5.19. The van der Waals surface area contributed by atoms with Gasteiger partial charge in [-0.1, -0.05) is 24.3 Å². The van der Waals surface area contributed by atoms with Crippen LogP contribution >= 0.6 is 0 Å². The molecule has 0 spiro atoms. The molecule has 0 bridgehead atoms. The van der Waals surface area contributed by atoms with Crippen LogP contribution in [0.4, 0.5) is 8.78 Å². The van der Waals surface area contributed by atoms with Crippen molar-refractivity contribution in [1.82, 2.24) is 0 Å². The molecular weight excluding hydrogens is 122 g/mol. The van der Waals surface area contributed by atoms with Gasteiger partial charge in [-0.2, -0.15) is 0 Å². The number of hydrogen-bond acceptors (Lipinski definition) is 0. The monoisotopic (exact) mass is 130 g/mol. The van der Waals surface area contributed by atoms with Crippen molar-refractivity contribution in [3.63, 3.8) is 0 Å². The molecule has 2 heteroatoms. The molecule has 0 atom stereocenters. The third kappa shape index (κ3) is 1.37. The summed E-state index contributed by atoms with van der Waals surface area (Å²) in [7, 11) is 0. The van der Waals surface area contributed by atoms with E-state index in [1.165, 1.54) is 12.2 Å². The maximum Gasteiger partial charge on any atom is 0.254 e. The predicted molar refractivity (Wildman–Crippen MR) is 32.4 cm³/mol. The second kappa shape index (κ2) is 1.94. The van der Waals surface area contributed by atoms with Gasteiger partial charge in [0.15, 0.2) is 0 Å². The molecule has 0 N–H and O–H groups in total. The molecule has 1 aliphatic carbocycles. The summed E-state index contributed by atoms with van der Waals surface area (Å²) >= 11 is 0. The number of hydrogen-bond donors (Lipinski definition) is 0. The Hall–Kier alpha value is -0.660. The minimum Gasteiger partial charge on any atom is -0.206 e. The molecule has 9 heavy (non-hydrogen) atoms. The highest BCUT2D eigenvalue weighted by Crippen LogP contribution is 2.28. The topological polar surface area (TPSA) is 0 Å². The molecule has 0 saturated heterocycles. The first-order valence-corrected chi connectivity index (χ1v) is 2.83. The summed E-state index contributed by atoms with van der Waals surface area (Å²) in [5.41, 5.74) is 0. The fourth-order valence-corrected chi connectivity index (χ4v) is 0.770. The first-order valence-electron chi connectivity index (χ1n) is 2.83. The van der Waals surface area contributed by atoms with E-state index in [0.29, 0.717) is 0 Å². The average Bonchev–Trinajstić information content (AvgIpc) is 2.08. The Morgan fingerprint density at radius 2 is 1.67 bits per heavy atom. The lowest BCUT2D eigenvalue weighted by Gasteiger charge is -2.13. The van der Waals surface area contributed by atoms with E-state index in [2.05, 4.69) is 0 Å². The third-order valence-corrected chi connectivity index (χ3v) is 1.33. The molecule has 50 valence electrons. The second-order valence-electron chi connectivity index (χ2n) is 2.25. The van der Waals surface area contributed by atoms with Crippen LogP contribution in [0.25, 0.3) is 0 Å². The van der Waals surface area contributed by atoms with Crippen molar-refractivity contribution in [2.45, 2.75) is 12.8 Å². The molecule has 0 radical (unpaired) electrons. The Labute approximate surface area is 52.9 Å². The number of halogens is 2. The minimum absolute atomic E-state index is 0.683. The van der Waals surface area contributed by atoms with Crippen LogP contribution in [0.3, 0.4) is 0 Å². The van der Waals surface area contributed by atoms with Crippen molar-refractivity contribution in [1.29, 1.82) is 0 Å². The summed E-state index contributed by atoms with van der Waals surface area (Å²) in [6.07, 6.45) is 6.28. The SMILES string of the molecule is CC(F)(F)C1C=CC=C1. The Balaban J connectivity index is 2.64.